The molecule has 110 valence electrons. The monoisotopic (exact) mass is 282 g/mol. The third kappa shape index (κ3) is 3.33. The third-order valence-electron chi connectivity index (χ3n) is 4.11. The summed E-state index contributed by atoms with van der Waals surface area (Å²) in [6.45, 7) is 8.16. The molecule has 0 saturated heterocycles. The summed E-state index contributed by atoms with van der Waals surface area (Å²) >= 11 is 0. The standard InChI is InChI=1S/C19H22O2/c1-12-9-14(3)17(15(4)10-12)11-18(19(20)21)16-8-6-5-7-13(16)2/h5-10,18H,11H2,1-4H3,(H,20,21). The van der Waals surface area contributed by atoms with Crippen molar-refractivity contribution in [2.24, 2.45) is 0 Å². The van der Waals surface area contributed by atoms with Gasteiger partial charge in [-0.05, 0) is 61.9 Å². The first kappa shape index (κ1) is 15.3. The summed E-state index contributed by atoms with van der Waals surface area (Å²) in [6.07, 6.45) is 0.540. The van der Waals surface area contributed by atoms with Gasteiger partial charge in [0.1, 0.15) is 0 Å². The van der Waals surface area contributed by atoms with Crippen LogP contribution in [0.2, 0.25) is 0 Å². The summed E-state index contributed by atoms with van der Waals surface area (Å²) in [6, 6.07) is 12.0. The van der Waals surface area contributed by atoms with E-state index < -0.39 is 11.9 Å². The van der Waals surface area contributed by atoms with E-state index in [1.54, 1.807) is 0 Å². The first-order chi connectivity index (χ1) is 9.90. The van der Waals surface area contributed by atoms with Gasteiger partial charge in [0.15, 0.2) is 0 Å². The van der Waals surface area contributed by atoms with Gasteiger partial charge >= 0.3 is 5.97 Å². The molecule has 21 heavy (non-hydrogen) atoms. The molecule has 0 bridgehead atoms. The molecule has 0 saturated carbocycles. The van der Waals surface area contributed by atoms with Gasteiger partial charge in [0, 0.05) is 0 Å². The van der Waals surface area contributed by atoms with Crippen molar-refractivity contribution in [3.63, 3.8) is 0 Å². The van der Waals surface area contributed by atoms with Crippen molar-refractivity contribution in [1.82, 2.24) is 0 Å². The van der Waals surface area contributed by atoms with Crippen LogP contribution in [0.5, 0.6) is 0 Å². The van der Waals surface area contributed by atoms with Gasteiger partial charge < -0.3 is 5.11 Å². The Bertz CT molecular complexity index is 648. The first-order valence-corrected chi connectivity index (χ1v) is 7.25. The first-order valence-electron chi connectivity index (χ1n) is 7.25. The molecular formula is C19H22O2. The summed E-state index contributed by atoms with van der Waals surface area (Å²) < 4.78 is 0. The van der Waals surface area contributed by atoms with E-state index in [4.69, 9.17) is 0 Å². The predicted molar refractivity (Wildman–Crippen MR) is 85.9 cm³/mol. The third-order valence-corrected chi connectivity index (χ3v) is 4.11. The van der Waals surface area contributed by atoms with Crippen LogP contribution in [-0.4, -0.2) is 11.1 Å². The molecule has 1 N–H and O–H groups in total. The fourth-order valence-corrected chi connectivity index (χ4v) is 3.04. The highest BCUT2D eigenvalue weighted by Gasteiger charge is 2.23. The molecule has 0 amide bonds. The van der Waals surface area contributed by atoms with E-state index in [1.165, 1.54) is 16.7 Å². The largest absolute Gasteiger partial charge is 0.481 e. The lowest BCUT2D eigenvalue weighted by Crippen LogP contribution is -2.17. The topological polar surface area (TPSA) is 37.3 Å². The highest BCUT2D eigenvalue weighted by Crippen LogP contribution is 2.28. The minimum absolute atomic E-state index is 0.494. The van der Waals surface area contributed by atoms with E-state index in [0.717, 1.165) is 16.7 Å². The van der Waals surface area contributed by atoms with Crippen LogP contribution in [-0.2, 0) is 11.2 Å². The van der Waals surface area contributed by atoms with Crippen molar-refractivity contribution in [2.45, 2.75) is 40.0 Å². The fraction of sp³-hybridized carbons (Fsp3) is 0.316. The van der Waals surface area contributed by atoms with Crippen LogP contribution in [0.25, 0.3) is 0 Å². The Morgan fingerprint density at radius 2 is 1.57 bits per heavy atom. The lowest BCUT2D eigenvalue weighted by Gasteiger charge is -2.18. The molecule has 2 heteroatoms. The number of aliphatic carboxylic acids is 1. The highest BCUT2D eigenvalue weighted by molar-refractivity contribution is 5.77. The molecule has 0 radical (unpaired) electrons. The Hall–Kier alpha value is -2.09. The minimum atomic E-state index is -0.760. The van der Waals surface area contributed by atoms with Crippen LogP contribution in [0.3, 0.4) is 0 Å². The van der Waals surface area contributed by atoms with Crippen LogP contribution in [0, 0.1) is 27.7 Å². The van der Waals surface area contributed by atoms with E-state index in [0.29, 0.717) is 6.42 Å². The SMILES string of the molecule is Cc1cc(C)c(CC(C(=O)O)c2ccccc2C)c(C)c1. The average Bonchev–Trinajstić information content (AvgIpc) is 2.39. The number of benzene rings is 2. The number of carboxylic acid groups (broad SMARTS) is 1. The number of hydrogen-bond acceptors (Lipinski definition) is 1. The second-order valence-corrected chi connectivity index (χ2v) is 5.83. The van der Waals surface area contributed by atoms with E-state index in [2.05, 4.69) is 32.9 Å². The average molecular weight is 282 g/mol. The maximum Gasteiger partial charge on any atom is 0.311 e. The molecule has 2 nitrogen and oxygen atoms in total. The van der Waals surface area contributed by atoms with Gasteiger partial charge in [-0.1, -0.05) is 42.0 Å². The lowest BCUT2D eigenvalue weighted by atomic mass is 9.86. The lowest BCUT2D eigenvalue weighted by molar-refractivity contribution is -0.138. The van der Waals surface area contributed by atoms with E-state index in [1.807, 2.05) is 31.2 Å². The van der Waals surface area contributed by atoms with Crippen molar-refractivity contribution in [2.75, 3.05) is 0 Å². The zero-order valence-corrected chi connectivity index (χ0v) is 13.1. The van der Waals surface area contributed by atoms with Gasteiger partial charge in [0.2, 0.25) is 0 Å². The second kappa shape index (κ2) is 6.13. The van der Waals surface area contributed by atoms with Gasteiger partial charge in [-0.2, -0.15) is 0 Å². The number of aryl methyl sites for hydroxylation is 4. The Kier molecular flexibility index (Phi) is 4.46. The molecule has 2 rings (SSSR count). The van der Waals surface area contributed by atoms with Gasteiger partial charge in [-0.15, -0.1) is 0 Å². The van der Waals surface area contributed by atoms with Crippen LogP contribution >= 0.6 is 0 Å². The molecule has 0 spiro atoms. The van der Waals surface area contributed by atoms with Gasteiger partial charge in [-0.3, -0.25) is 4.79 Å². The molecule has 2 aromatic rings. The van der Waals surface area contributed by atoms with E-state index in [-0.39, 0.29) is 0 Å². The van der Waals surface area contributed by atoms with E-state index >= 15 is 0 Å². The molecule has 0 aliphatic heterocycles. The Labute approximate surface area is 126 Å². The van der Waals surface area contributed by atoms with Crippen molar-refractivity contribution in [3.8, 4) is 0 Å². The molecule has 0 aromatic heterocycles. The van der Waals surface area contributed by atoms with E-state index in [9.17, 15) is 9.90 Å². The summed E-state index contributed by atoms with van der Waals surface area (Å²) in [4.78, 5) is 11.7. The Balaban J connectivity index is 2.43. The fourth-order valence-electron chi connectivity index (χ4n) is 3.04. The second-order valence-electron chi connectivity index (χ2n) is 5.83. The van der Waals surface area contributed by atoms with Crippen LogP contribution in [0.4, 0.5) is 0 Å². The number of hydrogen-bond donors (Lipinski definition) is 1. The normalized spacial score (nSPS) is 12.2. The van der Waals surface area contributed by atoms with Gasteiger partial charge in [0.05, 0.1) is 5.92 Å². The highest BCUT2D eigenvalue weighted by atomic mass is 16.4. The van der Waals surface area contributed by atoms with Crippen LogP contribution in [0.1, 0.15) is 39.3 Å². The summed E-state index contributed by atoms with van der Waals surface area (Å²) in [5.41, 5.74) is 6.66. The van der Waals surface area contributed by atoms with Gasteiger partial charge in [-0.25, -0.2) is 0 Å². The zero-order chi connectivity index (χ0) is 15.6. The summed E-state index contributed by atoms with van der Waals surface area (Å²) in [5.74, 6) is -1.25. The molecule has 0 fully saturated rings. The van der Waals surface area contributed by atoms with Crippen molar-refractivity contribution in [3.05, 3.63) is 69.8 Å². The molecular weight excluding hydrogens is 260 g/mol. The molecule has 0 heterocycles. The van der Waals surface area contributed by atoms with Crippen molar-refractivity contribution >= 4 is 5.97 Å². The zero-order valence-electron chi connectivity index (χ0n) is 13.1. The smallest absolute Gasteiger partial charge is 0.311 e. The van der Waals surface area contributed by atoms with Gasteiger partial charge in [0.25, 0.3) is 0 Å². The number of rotatable bonds is 4. The molecule has 1 atom stereocenters. The molecule has 1 unspecified atom stereocenters. The summed E-state index contributed by atoms with van der Waals surface area (Å²) in [5, 5.41) is 9.65. The maximum atomic E-state index is 11.7. The number of carbonyl (C=O) groups is 1. The van der Waals surface area contributed by atoms with Crippen molar-refractivity contribution < 1.29 is 9.90 Å². The minimum Gasteiger partial charge on any atom is -0.481 e. The van der Waals surface area contributed by atoms with Crippen LogP contribution in [0.15, 0.2) is 36.4 Å². The Morgan fingerprint density at radius 1 is 1.00 bits per heavy atom. The maximum absolute atomic E-state index is 11.7. The quantitative estimate of drug-likeness (QED) is 0.906. The Morgan fingerprint density at radius 3 is 2.10 bits per heavy atom. The molecule has 2 aromatic carbocycles. The summed E-state index contributed by atoms with van der Waals surface area (Å²) in [7, 11) is 0. The number of carboxylic acids is 1. The molecule has 0 aliphatic rings. The molecule has 0 aliphatic carbocycles. The van der Waals surface area contributed by atoms with Crippen molar-refractivity contribution in [1.29, 1.82) is 0 Å². The predicted octanol–water partition coefficient (Wildman–Crippen LogP) is 4.33. The van der Waals surface area contributed by atoms with Crippen LogP contribution < -0.4 is 0 Å².